The summed E-state index contributed by atoms with van der Waals surface area (Å²) in [5.41, 5.74) is 0.444. The molecule has 0 radical (unpaired) electrons. The van der Waals surface area contributed by atoms with Crippen LogP contribution in [0.1, 0.15) is 6.92 Å². The van der Waals surface area contributed by atoms with Crippen LogP contribution in [0.2, 0.25) is 0 Å². The van der Waals surface area contributed by atoms with E-state index in [1.54, 1.807) is 0 Å². The van der Waals surface area contributed by atoms with Gasteiger partial charge >= 0.3 is 0 Å². The highest BCUT2D eigenvalue weighted by molar-refractivity contribution is 5.85. The third-order valence-corrected chi connectivity index (χ3v) is 2.09. The van der Waals surface area contributed by atoms with Gasteiger partial charge in [0, 0.05) is 18.6 Å². The van der Waals surface area contributed by atoms with E-state index < -0.39 is 0 Å². The summed E-state index contributed by atoms with van der Waals surface area (Å²) in [5.74, 6) is 0. The lowest BCUT2D eigenvalue weighted by molar-refractivity contribution is 0.106. The van der Waals surface area contributed by atoms with Crippen LogP contribution < -0.4 is 5.32 Å². The molecule has 1 rings (SSSR count). The van der Waals surface area contributed by atoms with Crippen molar-refractivity contribution in [3.05, 3.63) is 0 Å². The third-order valence-electron chi connectivity index (χ3n) is 2.09. The molecule has 0 atom stereocenters. The van der Waals surface area contributed by atoms with E-state index in [1.807, 2.05) is 0 Å². The van der Waals surface area contributed by atoms with Gasteiger partial charge in [-0.3, -0.25) is 0 Å². The van der Waals surface area contributed by atoms with Gasteiger partial charge in [0.2, 0.25) is 0 Å². The van der Waals surface area contributed by atoms with E-state index in [1.165, 1.54) is 0 Å². The summed E-state index contributed by atoms with van der Waals surface area (Å²) < 4.78 is 0. The summed E-state index contributed by atoms with van der Waals surface area (Å²) in [5, 5.41) is 3.24. The normalized spacial score (nSPS) is 22.7. The van der Waals surface area contributed by atoms with Gasteiger partial charge in [0.05, 0.1) is 0 Å². The zero-order valence-electron chi connectivity index (χ0n) is 6.27. The van der Waals surface area contributed by atoms with Crippen molar-refractivity contribution in [1.82, 2.24) is 10.2 Å². The minimum atomic E-state index is 0. The van der Waals surface area contributed by atoms with Crippen LogP contribution >= 0.6 is 12.4 Å². The maximum atomic E-state index is 3.24. The first-order valence-electron chi connectivity index (χ1n) is 3.03. The Hall–Kier alpha value is 0.210. The first kappa shape index (κ1) is 9.21. The molecule has 0 amide bonds. The van der Waals surface area contributed by atoms with Crippen LogP contribution in [0.3, 0.4) is 0 Å². The van der Waals surface area contributed by atoms with E-state index in [0.29, 0.717) is 5.54 Å². The molecule has 0 aliphatic carbocycles. The van der Waals surface area contributed by atoms with Crippen LogP contribution in [-0.2, 0) is 0 Å². The van der Waals surface area contributed by atoms with Gasteiger partial charge in [-0.05, 0) is 21.0 Å². The Morgan fingerprint density at radius 1 is 1.33 bits per heavy atom. The summed E-state index contributed by atoms with van der Waals surface area (Å²) in [4.78, 5) is 2.27. The molecule has 1 aliphatic rings. The highest BCUT2D eigenvalue weighted by atomic mass is 35.5. The molecule has 0 unspecified atom stereocenters. The molecule has 9 heavy (non-hydrogen) atoms. The molecule has 0 aromatic rings. The fourth-order valence-corrected chi connectivity index (χ4v) is 0.803. The molecule has 1 aliphatic heterocycles. The third kappa shape index (κ3) is 1.57. The Morgan fingerprint density at radius 2 is 1.78 bits per heavy atom. The SMILES string of the molecule is CN(C)C1(C)CNC1.Cl. The monoisotopic (exact) mass is 150 g/mol. The van der Waals surface area contributed by atoms with Crippen LogP contribution in [0.5, 0.6) is 0 Å². The van der Waals surface area contributed by atoms with Crippen LogP contribution in [0, 0.1) is 0 Å². The van der Waals surface area contributed by atoms with Gasteiger partial charge in [-0.15, -0.1) is 12.4 Å². The van der Waals surface area contributed by atoms with Gasteiger partial charge < -0.3 is 10.2 Å². The van der Waals surface area contributed by atoms with Crippen molar-refractivity contribution in [3.8, 4) is 0 Å². The highest BCUT2D eigenvalue weighted by Gasteiger charge is 2.33. The quantitative estimate of drug-likeness (QED) is 0.580. The van der Waals surface area contributed by atoms with Crippen LogP contribution in [0.15, 0.2) is 0 Å². The Morgan fingerprint density at radius 3 is 1.78 bits per heavy atom. The van der Waals surface area contributed by atoms with E-state index in [0.717, 1.165) is 13.1 Å². The lowest BCUT2D eigenvalue weighted by atomic mass is 9.94. The minimum absolute atomic E-state index is 0. The van der Waals surface area contributed by atoms with Crippen molar-refractivity contribution in [1.29, 1.82) is 0 Å². The van der Waals surface area contributed by atoms with Crippen molar-refractivity contribution < 1.29 is 0 Å². The highest BCUT2D eigenvalue weighted by Crippen LogP contribution is 2.14. The smallest absolute Gasteiger partial charge is 0.0423 e. The number of rotatable bonds is 1. The summed E-state index contributed by atoms with van der Waals surface area (Å²) in [6, 6.07) is 0. The molecule has 0 aromatic carbocycles. The van der Waals surface area contributed by atoms with Crippen molar-refractivity contribution in [3.63, 3.8) is 0 Å². The number of likely N-dealkylation sites (N-methyl/N-ethyl adjacent to an activating group) is 1. The standard InChI is InChI=1S/C6H14N2.ClH/c1-6(8(2)3)4-7-5-6;/h7H,4-5H2,1-3H3;1H. The van der Waals surface area contributed by atoms with Gasteiger partial charge in [-0.25, -0.2) is 0 Å². The van der Waals surface area contributed by atoms with E-state index in [2.05, 4.69) is 31.2 Å². The topological polar surface area (TPSA) is 15.3 Å². The Kier molecular flexibility index (Phi) is 2.93. The van der Waals surface area contributed by atoms with Crippen LogP contribution in [0.25, 0.3) is 0 Å². The zero-order chi connectivity index (χ0) is 6.20. The largest absolute Gasteiger partial charge is 0.313 e. The van der Waals surface area contributed by atoms with Crippen molar-refractivity contribution in [2.45, 2.75) is 12.5 Å². The number of nitrogens with zero attached hydrogens (tertiary/aromatic N) is 1. The number of nitrogens with one attached hydrogen (secondary N) is 1. The average Bonchev–Trinajstić information content (AvgIpc) is 1.60. The summed E-state index contributed by atoms with van der Waals surface area (Å²) in [6.45, 7) is 4.55. The second-order valence-corrected chi connectivity index (χ2v) is 2.99. The fraction of sp³-hybridized carbons (Fsp3) is 1.00. The summed E-state index contributed by atoms with van der Waals surface area (Å²) in [6.07, 6.45) is 0. The molecular weight excluding hydrogens is 136 g/mol. The molecule has 1 fully saturated rings. The van der Waals surface area contributed by atoms with Crippen molar-refractivity contribution >= 4 is 12.4 Å². The number of halogens is 1. The van der Waals surface area contributed by atoms with Gasteiger partial charge in [0.25, 0.3) is 0 Å². The molecule has 0 saturated carbocycles. The number of hydrogen-bond donors (Lipinski definition) is 1. The molecule has 2 nitrogen and oxygen atoms in total. The minimum Gasteiger partial charge on any atom is -0.313 e. The van der Waals surface area contributed by atoms with Crippen molar-refractivity contribution in [2.75, 3.05) is 27.2 Å². The summed E-state index contributed by atoms with van der Waals surface area (Å²) in [7, 11) is 4.25. The Labute approximate surface area is 63.0 Å². The molecule has 1 saturated heterocycles. The van der Waals surface area contributed by atoms with Crippen LogP contribution in [-0.4, -0.2) is 37.6 Å². The summed E-state index contributed by atoms with van der Waals surface area (Å²) >= 11 is 0. The Bertz CT molecular complexity index is 89.1. The van der Waals surface area contributed by atoms with Crippen molar-refractivity contribution in [2.24, 2.45) is 0 Å². The molecule has 0 spiro atoms. The second kappa shape index (κ2) is 2.86. The van der Waals surface area contributed by atoms with Crippen LogP contribution in [0.4, 0.5) is 0 Å². The predicted octanol–water partition coefficient (Wildman–Crippen LogP) is 0.332. The van der Waals surface area contributed by atoms with Gasteiger partial charge in [0.15, 0.2) is 0 Å². The van der Waals surface area contributed by atoms with E-state index >= 15 is 0 Å². The molecule has 3 heteroatoms. The molecule has 0 aromatic heterocycles. The molecule has 1 heterocycles. The molecule has 1 N–H and O–H groups in total. The van der Waals surface area contributed by atoms with E-state index in [9.17, 15) is 0 Å². The fourth-order valence-electron chi connectivity index (χ4n) is 0.803. The molecule has 56 valence electrons. The first-order chi connectivity index (χ1) is 3.65. The lowest BCUT2D eigenvalue weighted by Gasteiger charge is -2.44. The van der Waals surface area contributed by atoms with Gasteiger partial charge in [-0.1, -0.05) is 0 Å². The number of hydrogen-bond acceptors (Lipinski definition) is 2. The maximum Gasteiger partial charge on any atom is 0.0423 e. The lowest BCUT2D eigenvalue weighted by Crippen LogP contribution is -2.64. The second-order valence-electron chi connectivity index (χ2n) is 2.99. The first-order valence-corrected chi connectivity index (χ1v) is 3.03. The Balaban J connectivity index is 0.000000640. The van der Waals surface area contributed by atoms with Gasteiger partial charge in [0.1, 0.15) is 0 Å². The zero-order valence-corrected chi connectivity index (χ0v) is 7.09. The maximum absolute atomic E-state index is 3.24. The predicted molar refractivity (Wildman–Crippen MR) is 42.2 cm³/mol. The molecule has 0 bridgehead atoms. The van der Waals surface area contributed by atoms with Gasteiger partial charge in [-0.2, -0.15) is 0 Å². The molecular formula is C6H15ClN2. The van der Waals surface area contributed by atoms with E-state index in [-0.39, 0.29) is 12.4 Å². The average molecular weight is 151 g/mol. The van der Waals surface area contributed by atoms with E-state index in [4.69, 9.17) is 0 Å².